The van der Waals surface area contributed by atoms with Crippen molar-refractivity contribution in [3.63, 3.8) is 0 Å². The fourth-order valence-corrected chi connectivity index (χ4v) is 1.35. The predicted octanol–water partition coefficient (Wildman–Crippen LogP) is 5.59. The Hall–Kier alpha value is -0.880. The van der Waals surface area contributed by atoms with Crippen molar-refractivity contribution in [3.8, 4) is 0 Å². The minimum atomic E-state index is -6.74. The van der Waals surface area contributed by atoms with E-state index in [0.29, 0.717) is 0 Å². The van der Waals surface area contributed by atoms with E-state index in [-0.39, 0.29) is 27.7 Å². The van der Waals surface area contributed by atoms with Crippen molar-refractivity contribution in [2.45, 2.75) is 69.0 Å². The van der Waals surface area contributed by atoms with Crippen LogP contribution in [-0.2, 0) is 4.74 Å². The molecule has 0 aliphatic rings. The topological polar surface area (TPSA) is 9.23 Å². The summed E-state index contributed by atoms with van der Waals surface area (Å²) in [4.78, 5) is 0. The van der Waals surface area contributed by atoms with Crippen LogP contribution in [-0.4, -0.2) is 41.3 Å². The molecule has 24 heavy (non-hydrogen) atoms. The molecular weight excluding hydrogens is 376 g/mol. The second-order valence-electron chi connectivity index (χ2n) is 5.82. The first-order chi connectivity index (χ1) is 9.96. The van der Waals surface area contributed by atoms with E-state index < -0.39 is 41.3 Å². The van der Waals surface area contributed by atoms with Gasteiger partial charge < -0.3 is 4.74 Å². The van der Waals surface area contributed by atoms with E-state index in [9.17, 15) is 52.7 Å². The van der Waals surface area contributed by atoms with Gasteiger partial charge in [-0.1, -0.05) is 0 Å². The molecule has 0 aromatic carbocycles. The molecule has 0 spiro atoms. The number of ether oxygens (including phenoxy) is 1. The van der Waals surface area contributed by atoms with Gasteiger partial charge in [-0.2, -0.15) is 48.3 Å². The first kappa shape index (κ1) is 23.1. The third-order valence-electron chi connectivity index (χ3n) is 3.00. The monoisotopic (exact) mass is 388 g/mol. The van der Waals surface area contributed by atoms with Crippen molar-refractivity contribution in [3.05, 3.63) is 0 Å². The van der Waals surface area contributed by atoms with E-state index in [1.807, 2.05) is 0 Å². The second-order valence-corrected chi connectivity index (χ2v) is 5.82. The largest absolute Gasteiger partial charge is 0.456 e. The molecule has 0 fully saturated rings. The molecule has 0 aromatic heterocycles. The molecular formula is C11H12F12O. The molecule has 0 rings (SSSR count). The minimum Gasteiger partial charge on any atom is -0.303 e. The van der Waals surface area contributed by atoms with Gasteiger partial charge in [0.1, 0.15) is 5.60 Å². The van der Waals surface area contributed by atoms with Crippen LogP contribution in [0.1, 0.15) is 27.7 Å². The van der Waals surface area contributed by atoms with Crippen molar-refractivity contribution in [2.24, 2.45) is 0 Å². The molecule has 0 amide bonds. The Kier molecular flexibility index (Phi) is 5.36. The summed E-state index contributed by atoms with van der Waals surface area (Å²) in [6.45, 7) is -1.15. The van der Waals surface area contributed by atoms with Gasteiger partial charge in [-0.05, 0) is 27.7 Å². The van der Waals surface area contributed by atoms with Gasteiger partial charge >= 0.3 is 30.1 Å². The van der Waals surface area contributed by atoms with Crippen LogP contribution >= 0.6 is 0 Å². The zero-order valence-electron chi connectivity index (χ0n) is 12.4. The lowest BCUT2D eigenvalue weighted by molar-refractivity contribution is -0.458. The molecule has 0 aliphatic carbocycles. The minimum absolute atomic E-state index is 0.216. The Morgan fingerprint density at radius 1 is 0.500 bits per heavy atom. The smallest absolute Gasteiger partial charge is 0.303 e. The fraction of sp³-hybridized carbons (Fsp3) is 1.00. The van der Waals surface area contributed by atoms with E-state index in [1.165, 1.54) is 0 Å². The molecule has 0 radical (unpaired) electrons. The van der Waals surface area contributed by atoms with Crippen LogP contribution < -0.4 is 0 Å². The van der Waals surface area contributed by atoms with Crippen LogP contribution in [0.2, 0.25) is 0 Å². The van der Waals surface area contributed by atoms with E-state index in [4.69, 9.17) is 0 Å². The zero-order valence-corrected chi connectivity index (χ0v) is 12.4. The number of alkyl halides is 12. The summed E-state index contributed by atoms with van der Waals surface area (Å²) in [6.07, 6.45) is -13.1. The Balaban J connectivity index is 5.95. The summed E-state index contributed by atoms with van der Waals surface area (Å²) in [6, 6.07) is 0. The third-order valence-corrected chi connectivity index (χ3v) is 3.00. The van der Waals surface area contributed by atoms with Gasteiger partial charge in [-0.15, -0.1) is 0 Å². The summed E-state index contributed by atoms with van der Waals surface area (Å²) in [5.74, 6) is -19.0. The summed E-state index contributed by atoms with van der Waals surface area (Å²) in [5, 5.41) is 0. The molecule has 0 saturated carbocycles. The van der Waals surface area contributed by atoms with Crippen molar-refractivity contribution >= 4 is 0 Å². The Morgan fingerprint density at radius 3 is 1.08 bits per heavy atom. The lowest BCUT2D eigenvalue weighted by Crippen LogP contribution is -2.66. The van der Waals surface area contributed by atoms with Crippen LogP contribution in [0.4, 0.5) is 52.7 Å². The summed E-state index contributed by atoms with van der Waals surface area (Å²) < 4.78 is 158. The van der Waals surface area contributed by atoms with Gasteiger partial charge in [0.25, 0.3) is 0 Å². The van der Waals surface area contributed by atoms with Gasteiger partial charge in [-0.3, -0.25) is 0 Å². The molecule has 0 heterocycles. The van der Waals surface area contributed by atoms with Gasteiger partial charge in [0.2, 0.25) is 0 Å². The number of hydrogen-bond acceptors (Lipinski definition) is 1. The normalized spacial score (nSPS) is 16.5. The highest BCUT2D eigenvalue weighted by Crippen LogP contribution is 2.55. The first-order valence-corrected chi connectivity index (χ1v) is 5.93. The first-order valence-electron chi connectivity index (χ1n) is 5.93. The zero-order chi connectivity index (χ0) is 20.2. The van der Waals surface area contributed by atoms with Crippen LogP contribution in [0.5, 0.6) is 0 Å². The van der Waals surface area contributed by atoms with Crippen molar-refractivity contribution in [2.75, 3.05) is 0 Å². The van der Waals surface area contributed by atoms with Gasteiger partial charge in [0.05, 0.1) is 0 Å². The van der Waals surface area contributed by atoms with E-state index in [0.717, 1.165) is 0 Å². The summed E-state index contributed by atoms with van der Waals surface area (Å²) in [5.41, 5.74) is -8.66. The number of rotatable bonds is 6. The lowest BCUT2D eigenvalue weighted by atomic mass is 9.94. The second kappa shape index (κ2) is 5.56. The molecule has 0 N–H and O–H groups in total. The summed E-state index contributed by atoms with van der Waals surface area (Å²) >= 11 is 0. The molecule has 0 aromatic rings. The van der Waals surface area contributed by atoms with E-state index in [1.54, 1.807) is 0 Å². The average Bonchev–Trinajstić information content (AvgIpc) is 2.23. The maximum Gasteiger partial charge on any atom is 0.456 e. The lowest BCUT2D eigenvalue weighted by Gasteiger charge is -2.42. The Bertz CT molecular complexity index is 457. The number of halogens is 12. The summed E-state index contributed by atoms with van der Waals surface area (Å²) in [7, 11) is 0. The molecule has 0 atom stereocenters. The van der Waals surface area contributed by atoms with Gasteiger partial charge in [-0.25, -0.2) is 4.39 Å². The van der Waals surface area contributed by atoms with E-state index in [2.05, 4.69) is 4.74 Å². The quantitative estimate of drug-likeness (QED) is 0.539. The van der Waals surface area contributed by atoms with Gasteiger partial charge in [0.15, 0.2) is 5.67 Å². The van der Waals surface area contributed by atoms with Gasteiger partial charge in [0, 0.05) is 0 Å². The SMILES string of the molecule is CC(C)(F)C(F)(F)C(F)(F)C(F)(F)OC(C)(C)C(F)(F)C(F)(F)F. The van der Waals surface area contributed by atoms with Crippen LogP contribution in [0.25, 0.3) is 0 Å². The molecule has 1 nitrogen and oxygen atoms in total. The molecule has 0 bridgehead atoms. The maximum absolute atomic E-state index is 13.3. The maximum atomic E-state index is 13.3. The Morgan fingerprint density at radius 2 is 0.833 bits per heavy atom. The molecule has 0 aliphatic heterocycles. The van der Waals surface area contributed by atoms with Crippen LogP contribution in [0.3, 0.4) is 0 Å². The molecule has 13 heteroatoms. The fourth-order valence-electron chi connectivity index (χ4n) is 1.35. The standard InChI is InChI=1S/C11H12F12O/c1-5(2,12)7(13,14)9(17,18)11(22,23)24-6(3,4)8(15,16)10(19,20)21/h1-4H3. The highest BCUT2D eigenvalue weighted by atomic mass is 19.4. The van der Waals surface area contributed by atoms with Crippen molar-refractivity contribution < 1.29 is 57.4 Å². The van der Waals surface area contributed by atoms with Crippen molar-refractivity contribution in [1.29, 1.82) is 0 Å². The van der Waals surface area contributed by atoms with E-state index >= 15 is 0 Å². The van der Waals surface area contributed by atoms with Crippen molar-refractivity contribution in [1.82, 2.24) is 0 Å². The Labute approximate surface area is 127 Å². The molecule has 146 valence electrons. The molecule has 0 saturated heterocycles. The average molecular weight is 388 g/mol. The molecule has 0 unspecified atom stereocenters. The predicted molar refractivity (Wildman–Crippen MR) is 56.2 cm³/mol. The van der Waals surface area contributed by atoms with Crippen LogP contribution in [0, 0.1) is 0 Å². The highest BCUT2D eigenvalue weighted by molar-refractivity contribution is 5.03. The number of hydrogen-bond donors (Lipinski definition) is 0. The third kappa shape index (κ3) is 3.40. The highest BCUT2D eigenvalue weighted by Gasteiger charge is 2.80. The van der Waals surface area contributed by atoms with Crippen LogP contribution in [0.15, 0.2) is 0 Å².